The Balaban J connectivity index is 1.96. The minimum absolute atomic E-state index is 0.276. The summed E-state index contributed by atoms with van der Waals surface area (Å²) in [5.74, 6) is 0.297. The van der Waals surface area contributed by atoms with E-state index in [-0.39, 0.29) is 12.2 Å². The normalized spacial score (nSPS) is 11.4. The molecule has 0 bridgehead atoms. The lowest BCUT2D eigenvalue weighted by atomic mass is 10.3. The van der Waals surface area contributed by atoms with E-state index in [1.165, 1.54) is 0 Å². The molecule has 0 aliphatic heterocycles. The number of aryl methyl sites for hydroxylation is 1. The Kier molecular flexibility index (Phi) is 4.66. The van der Waals surface area contributed by atoms with Gasteiger partial charge in [-0.25, -0.2) is 15.2 Å². The van der Waals surface area contributed by atoms with Crippen LogP contribution in [0.5, 0.6) is 0 Å². The zero-order chi connectivity index (χ0) is 14.4. The van der Waals surface area contributed by atoms with E-state index in [1.54, 1.807) is 41.6 Å². The molecule has 0 atom stereocenters. The summed E-state index contributed by atoms with van der Waals surface area (Å²) >= 11 is 0. The number of nitrogens with zero attached hydrogens (tertiary/aromatic N) is 4. The molecule has 2 rings (SSSR count). The zero-order valence-corrected chi connectivity index (χ0v) is 11.3. The predicted octanol–water partition coefficient (Wildman–Crippen LogP) is 0.0356. The van der Waals surface area contributed by atoms with Crippen LogP contribution in [0.4, 0.5) is 0 Å². The topological polar surface area (TPSA) is 106 Å². The third-order valence-electron chi connectivity index (χ3n) is 2.49. The molecule has 106 valence electrons. The molecule has 2 aromatic rings. The second kappa shape index (κ2) is 6.46. The summed E-state index contributed by atoms with van der Waals surface area (Å²) in [6, 6.07) is 3.52. The Morgan fingerprint density at radius 2 is 2.05 bits per heavy atom. The molecule has 20 heavy (non-hydrogen) atoms. The van der Waals surface area contributed by atoms with Gasteiger partial charge < -0.3 is 0 Å². The second-order valence-corrected chi connectivity index (χ2v) is 5.61. The highest BCUT2D eigenvalue weighted by Gasteiger charge is 2.13. The van der Waals surface area contributed by atoms with Crippen LogP contribution in [0.3, 0.4) is 0 Å². The summed E-state index contributed by atoms with van der Waals surface area (Å²) < 4.78 is 26.8. The van der Waals surface area contributed by atoms with Crippen molar-refractivity contribution in [2.75, 3.05) is 5.75 Å². The van der Waals surface area contributed by atoms with Gasteiger partial charge >= 0.3 is 0 Å². The van der Waals surface area contributed by atoms with Gasteiger partial charge in [0.15, 0.2) is 18.6 Å². The fraction of sp³-hybridized carbons (Fsp3) is 0.273. The monoisotopic (exact) mass is 297 g/mol. The lowest BCUT2D eigenvalue weighted by molar-refractivity contribution is -0.753. The van der Waals surface area contributed by atoms with Crippen molar-refractivity contribution in [2.24, 2.45) is 0 Å². The van der Waals surface area contributed by atoms with E-state index in [2.05, 4.69) is 19.4 Å². The molecule has 0 unspecified atom stereocenters. The van der Waals surface area contributed by atoms with Crippen LogP contribution < -0.4 is 4.68 Å². The average molecular weight is 297 g/mol. The lowest BCUT2D eigenvalue weighted by Crippen LogP contribution is -2.38. The molecule has 0 aliphatic rings. The molecule has 0 spiro atoms. The first-order valence-electron chi connectivity index (χ1n) is 5.79. The van der Waals surface area contributed by atoms with Crippen LogP contribution in [0.1, 0.15) is 6.42 Å². The standard InChI is InChI=1S/C11H12N4O4S/c16-19-20(17,18)8-2-6-15-7-3-10(9-14-15)11-12-4-1-5-13-11/h1,3-5,7,9H,2,6,8H2/p+1. The fourth-order valence-electron chi connectivity index (χ4n) is 1.54. The van der Waals surface area contributed by atoms with E-state index in [0.717, 1.165) is 5.56 Å². The van der Waals surface area contributed by atoms with Crippen molar-refractivity contribution < 1.29 is 22.7 Å². The highest BCUT2D eigenvalue weighted by molar-refractivity contribution is 7.86. The Bertz CT molecular complexity index is 646. The molecule has 0 fully saturated rings. The van der Waals surface area contributed by atoms with E-state index in [9.17, 15) is 8.42 Å². The molecular formula is C11H13N4O4S+. The van der Waals surface area contributed by atoms with Gasteiger partial charge in [0, 0.05) is 30.4 Å². The van der Waals surface area contributed by atoms with Crippen LogP contribution in [-0.4, -0.2) is 34.5 Å². The number of hydrogen-bond acceptors (Lipinski definition) is 7. The first kappa shape index (κ1) is 14.4. The minimum atomic E-state index is -3.85. The van der Waals surface area contributed by atoms with Crippen molar-refractivity contribution in [2.45, 2.75) is 13.0 Å². The molecule has 0 radical (unpaired) electrons. The first-order valence-corrected chi connectivity index (χ1v) is 7.37. The maximum absolute atomic E-state index is 10.9. The predicted molar refractivity (Wildman–Crippen MR) is 67.6 cm³/mol. The van der Waals surface area contributed by atoms with Crippen LogP contribution in [0, 0.1) is 0 Å². The van der Waals surface area contributed by atoms with E-state index >= 15 is 0 Å². The molecule has 0 amide bonds. The first-order chi connectivity index (χ1) is 9.61. The van der Waals surface area contributed by atoms with E-state index in [1.807, 2.05) is 0 Å². The summed E-state index contributed by atoms with van der Waals surface area (Å²) in [7, 11) is -3.85. The molecule has 8 nitrogen and oxygen atoms in total. The SMILES string of the molecule is O=S(=O)(CCC[n+]1ccc(-c2ncccn2)cn1)OO. The molecule has 2 heterocycles. The van der Waals surface area contributed by atoms with Crippen LogP contribution in [-0.2, 0) is 21.0 Å². The largest absolute Gasteiger partial charge is 0.293 e. The van der Waals surface area contributed by atoms with Gasteiger partial charge in [-0.05, 0) is 11.2 Å². The van der Waals surface area contributed by atoms with Crippen LogP contribution in [0.25, 0.3) is 11.4 Å². The Morgan fingerprint density at radius 1 is 1.30 bits per heavy atom. The summed E-state index contributed by atoms with van der Waals surface area (Å²) in [6.45, 7) is 0.387. The molecule has 0 aliphatic carbocycles. The van der Waals surface area contributed by atoms with E-state index in [4.69, 9.17) is 5.26 Å². The molecular weight excluding hydrogens is 284 g/mol. The molecule has 2 aromatic heterocycles. The third-order valence-corrected chi connectivity index (χ3v) is 3.51. The molecule has 1 N–H and O–H groups in total. The van der Waals surface area contributed by atoms with Crippen LogP contribution >= 0.6 is 0 Å². The Labute approximate surface area is 115 Å². The van der Waals surface area contributed by atoms with Gasteiger partial charge in [0.1, 0.15) is 6.20 Å². The van der Waals surface area contributed by atoms with Crippen LogP contribution in [0.2, 0.25) is 0 Å². The van der Waals surface area contributed by atoms with Crippen molar-refractivity contribution in [3.05, 3.63) is 36.9 Å². The van der Waals surface area contributed by atoms with E-state index < -0.39 is 10.1 Å². The quantitative estimate of drug-likeness (QED) is 0.455. The molecule has 0 aromatic carbocycles. The van der Waals surface area contributed by atoms with Crippen LogP contribution in [0.15, 0.2) is 36.9 Å². The van der Waals surface area contributed by atoms with Gasteiger partial charge in [0.25, 0.3) is 10.1 Å². The summed E-state index contributed by atoms with van der Waals surface area (Å²) in [4.78, 5) is 8.20. The molecule has 9 heteroatoms. The van der Waals surface area contributed by atoms with Crippen molar-refractivity contribution >= 4 is 10.1 Å². The average Bonchev–Trinajstić information content (AvgIpc) is 2.49. The zero-order valence-electron chi connectivity index (χ0n) is 10.5. The Hall–Kier alpha value is -1.97. The molecule has 0 saturated heterocycles. The fourth-order valence-corrected chi connectivity index (χ4v) is 2.09. The minimum Gasteiger partial charge on any atom is -0.237 e. The summed E-state index contributed by atoms with van der Waals surface area (Å²) in [5.41, 5.74) is 0.771. The second-order valence-electron chi connectivity index (χ2n) is 3.94. The van der Waals surface area contributed by atoms with Gasteiger partial charge in [-0.2, -0.15) is 8.42 Å². The number of rotatable bonds is 6. The highest BCUT2D eigenvalue weighted by Crippen LogP contribution is 2.09. The highest BCUT2D eigenvalue weighted by atomic mass is 32.2. The number of hydrogen-bond donors (Lipinski definition) is 1. The summed E-state index contributed by atoms with van der Waals surface area (Å²) in [6.07, 6.45) is 6.87. The van der Waals surface area contributed by atoms with Gasteiger partial charge in [-0.3, -0.25) is 0 Å². The van der Waals surface area contributed by atoms with Crippen molar-refractivity contribution in [1.82, 2.24) is 15.1 Å². The lowest BCUT2D eigenvalue weighted by Gasteiger charge is -1.98. The van der Waals surface area contributed by atoms with Gasteiger partial charge in [-0.15, -0.1) is 4.33 Å². The smallest absolute Gasteiger partial charge is 0.237 e. The van der Waals surface area contributed by atoms with Crippen molar-refractivity contribution in [1.29, 1.82) is 0 Å². The van der Waals surface area contributed by atoms with E-state index in [0.29, 0.717) is 12.4 Å². The van der Waals surface area contributed by atoms with Crippen molar-refractivity contribution in [3.8, 4) is 11.4 Å². The third kappa shape index (κ3) is 4.02. The van der Waals surface area contributed by atoms with Gasteiger partial charge in [0.05, 0.1) is 5.75 Å². The van der Waals surface area contributed by atoms with Gasteiger partial charge in [0.2, 0.25) is 0 Å². The number of aromatic nitrogens is 4. The van der Waals surface area contributed by atoms with Crippen molar-refractivity contribution in [3.63, 3.8) is 0 Å². The molecule has 0 saturated carbocycles. The summed E-state index contributed by atoms with van der Waals surface area (Å²) in [5, 5.41) is 12.3. The maximum atomic E-state index is 10.9. The maximum Gasteiger partial charge on any atom is 0.293 e. The Morgan fingerprint density at radius 3 is 2.65 bits per heavy atom. The van der Waals surface area contributed by atoms with Gasteiger partial charge in [-0.1, -0.05) is 4.68 Å².